The topological polar surface area (TPSA) is 3.24 Å². The van der Waals surface area contributed by atoms with E-state index in [0.717, 1.165) is 24.2 Å². The average Bonchev–Trinajstić information content (AvgIpc) is 3.31. The van der Waals surface area contributed by atoms with E-state index < -0.39 is 0 Å². The second kappa shape index (κ2) is 14.0. The molecule has 12 rings (SSSR count). The van der Waals surface area contributed by atoms with E-state index in [-0.39, 0.29) is 0 Å². The lowest BCUT2D eigenvalue weighted by molar-refractivity contribution is 0.664. The summed E-state index contributed by atoms with van der Waals surface area (Å²) in [4.78, 5) is 2.48. The van der Waals surface area contributed by atoms with Crippen molar-refractivity contribution in [3.63, 3.8) is 0 Å². The Balaban J connectivity index is 1.17. The summed E-state index contributed by atoms with van der Waals surface area (Å²) in [6.45, 7) is 2.19. The summed E-state index contributed by atoms with van der Waals surface area (Å²) in [5.74, 6) is 0.777. The minimum absolute atomic E-state index is 0.376. The van der Waals surface area contributed by atoms with Crippen LogP contribution in [0.15, 0.2) is 200 Å². The highest BCUT2D eigenvalue weighted by atomic mass is 15.1. The van der Waals surface area contributed by atoms with Crippen molar-refractivity contribution in [2.24, 2.45) is 5.92 Å². The SMILES string of the molecule is Cc1cccc(N(c2cc3c4c(c2)C=CC2C=CC=C(C=C3)C42)c2ccc3c(c2)c2ccccc2c2c(-c4ccccc4)cc(C4=CCCC=C4)c(-c4ccccc4)c32)c1. The Morgan fingerprint density at radius 1 is 0.517 bits per heavy atom. The first-order chi connectivity index (χ1) is 29.7. The van der Waals surface area contributed by atoms with Crippen LogP contribution in [0, 0.1) is 12.8 Å². The van der Waals surface area contributed by atoms with Crippen LogP contribution in [0.3, 0.4) is 0 Å². The van der Waals surface area contributed by atoms with Gasteiger partial charge in [-0.3, -0.25) is 0 Å². The molecule has 8 aromatic rings. The first-order valence-corrected chi connectivity index (χ1v) is 21.4. The lowest BCUT2D eigenvalue weighted by atomic mass is 9.69. The maximum Gasteiger partial charge on any atom is 0.0473 e. The molecule has 0 aromatic heterocycles. The average molecular weight is 766 g/mol. The van der Waals surface area contributed by atoms with Gasteiger partial charge in [0.1, 0.15) is 0 Å². The molecule has 0 bridgehead atoms. The lowest BCUT2D eigenvalue weighted by Gasteiger charge is -2.36. The summed E-state index contributed by atoms with van der Waals surface area (Å²) in [6.07, 6.45) is 25.5. The maximum absolute atomic E-state index is 2.48. The molecule has 1 heteroatoms. The van der Waals surface area contributed by atoms with Crippen LogP contribution in [0.5, 0.6) is 0 Å². The van der Waals surface area contributed by atoms with Gasteiger partial charge in [-0.25, -0.2) is 0 Å². The zero-order valence-electron chi connectivity index (χ0n) is 33.6. The number of allylic oxidation sites excluding steroid dienone is 10. The van der Waals surface area contributed by atoms with Gasteiger partial charge in [-0.1, -0.05) is 164 Å². The van der Waals surface area contributed by atoms with Gasteiger partial charge in [-0.05, 0) is 156 Å². The quantitative estimate of drug-likeness (QED) is 0.152. The molecular weight excluding hydrogens is 723 g/mol. The van der Waals surface area contributed by atoms with E-state index in [4.69, 9.17) is 0 Å². The van der Waals surface area contributed by atoms with Gasteiger partial charge in [0, 0.05) is 28.9 Å². The van der Waals surface area contributed by atoms with Crippen molar-refractivity contribution in [3.05, 3.63) is 228 Å². The fraction of sp³-hybridized carbons (Fsp3) is 0.0847. The summed E-state index contributed by atoms with van der Waals surface area (Å²) >= 11 is 0. The molecule has 4 aliphatic rings. The Morgan fingerprint density at radius 2 is 1.27 bits per heavy atom. The number of fused-ring (bicyclic) bond motifs is 6. The van der Waals surface area contributed by atoms with E-state index in [9.17, 15) is 0 Å². The van der Waals surface area contributed by atoms with E-state index in [1.807, 2.05) is 0 Å². The summed E-state index contributed by atoms with van der Waals surface area (Å²) < 4.78 is 0. The third kappa shape index (κ3) is 5.53. The predicted molar refractivity (Wildman–Crippen MR) is 257 cm³/mol. The van der Waals surface area contributed by atoms with Gasteiger partial charge in [0.25, 0.3) is 0 Å². The van der Waals surface area contributed by atoms with Crippen molar-refractivity contribution in [2.45, 2.75) is 25.7 Å². The fourth-order valence-corrected chi connectivity index (χ4v) is 10.6. The Hall–Kier alpha value is -7.22. The first-order valence-electron chi connectivity index (χ1n) is 21.4. The Bertz CT molecular complexity index is 3260. The van der Waals surface area contributed by atoms with Crippen LogP contribution in [-0.2, 0) is 0 Å². The zero-order valence-corrected chi connectivity index (χ0v) is 33.6. The fourth-order valence-electron chi connectivity index (χ4n) is 10.6. The number of hydrogen-bond donors (Lipinski definition) is 0. The van der Waals surface area contributed by atoms with Crippen molar-refractivity contribution in [1.29, 1.82) is 0 Å². The Morgan fingerprint density at radius 3 is 2.07 bits per heavy atom. The standard InChI is InChI=1S/C59H43N/c1-38-15-13-24-46(33-38)60(48-34-44-29-27-42-22-14-23-43-28-30-45(35-48)56(44)55(42)43)47-31-32-51-54(36-47)49-25-11-12-26-50(49)58-53(40-18-7-3-8-19-40)37-52(39-16-5-2-6-17-39)57(59(51)58)41-20-9-4-10-21-41/h3-5,7-37,42,55H,2,6H2,1H3. The highest BCUT2D eigenvalue weighted by molar-refractivity contribution is 6.33. The van der Waals surface area contributed by atoms with Gasteiger partial charge in [0.05, 0.1) is 0 Å². The van der Waals surface area contributed by atoms with Crippen LogP contribution in [0.2, 0.25) is 0 Å². The minimum atomic E-state index is 0.376. The van der Waals surface area contributed by atoms with Gasteiger partial charge in [-0.15, -0.1) is 0 Å². The number of anilines is 3. The summed E-state index contributed by atoms with van der Waals surface area (Å²) in [6, 6.07) is 54.7. The Kier molecular flexibility index (Phi) is 8.10. The normalized spacial score (nSPS) is 17.2. The minimum Gasteiger partial charge on any atom is -0.310 e. The second-order valence-corrected chi connectivity index (χ2v) is 16.8. The van der Waals surface area contributed by atoms with E-state index in [0.29, 0.717) is 11.8 Å². The smallest absolute Gasteiger partial charge is 0.0473 e. The highest BCUT2D eigenvalue weighted by Crippen LogP contribution is 2.52. The van der Waals surface area contributed by atoms with Crippen LogP contribution in [0.4, 0.5) is 17.1 Å². The summed E-state index contributed by atoms with van der Waals surface area (Å²) in [5, 5.41) is 7.63. The molecule has 2 unspecified atom stereocenters. The van der Waals surface area contributed by atoms with Crippen molar-refractivity contribution in [1.82, 2.24) is 0 Å². The lowest BCUT2D eigenvalue weighted by Crippen LogP contribution is -2.21. The number of benzene rings is 8. The monoisotopic (exact) mass is 765 g/mol. The van der Waals surface area contributed by atoms with Crippen LogP contribution in [-0.4, -0.2) is 0 Å². The zero-order chi connectivity index (χ0) is 39.7. The van der Waals surface area contributed by atoms with Gasteiger partial charge < -0.3 is 4.90 Å². The van der Waals surface area contributed by atoms with Gasteiger partial charge >= 0.3 is 0 Å². The first kappa shape index (κ1) is 34.8. The third-order valence-corrected chi connectivity index (χ3v) is 13.2. The van der Waals surface area contributed by atoms with E-state index in [2.05, 4.69) is 218 Å². The largest absolute Gasteiger partial charge is 0.310 e. The molecule has 60 heavy (non-hydrogen) atoms. The van der Waals surface area contributed by atoms with Crippen molar-refractivity contribution in [2.75, 3.05) is 4.90 Å². The number of nitrogens with zero attached hydrogens (tertiary/aromatic N) is 1. The molecule has 0 fully saturated rings. The third-order valence-electron chi connectivity index (χ3n) is 13.2. The molecule has 0 saturated heterocycles. The molecule has 1 nitrogen and oxygen atoms in total. The van der Waals surface area contributed by atoms with Crippen molar-refractivity contribution in [3.8, 4) is 22.3 Å². The molecule has 0 N–H and O–H groups in total. The van der Waals surface area contributed by atoms with E-state index >= 15 is 0 Å². The van der Waals surface area contributed by atoms with Crippen LogP contribution >= 0.6 is 0 Å². The number of rotatable bonds is 6. The van der Waals surface area contributed by atoms with Crippen molar-refractivity contribution >= 4 is 67.1 Å². The summed E-state index contributed by atoms with van der Waals surface area (Å²) in [7, 11) is 0. The van der Waals surface area contributed by atoms with Crippen LogP contribution in [0.25, 0.3) is 72.3 Å². The molecule has 0 radical (unpaired) electrons. The second-order valence-electron chi connectivity index (χ2n) is 16.8. The highest BCUT2D eigenvalue weighted by Gasteiger charge is 2.33. The number of hydrogen-bond acceptors (Lipinski definition) is 1. The molecule has 0 saturated carbocycles. The Labute approximate surface area is 352 Å². The summed E-state index contributed by atoms with van der Waals surface area (Å²) in [5.41, 5.74) is 17.8. The van der Waals surface area contributed by atoms with E-state index in [1.54, 1.807) is 0 Å². The molecule has 284 valence electrons. The molecule has 8 aromatic carbocycles. The molecule has 4 aliphatic carbocycles. The van der Waals surface area contributed by atoms with Crippen molar-refractivity contribution < 1.29 is 0 Å². The van der Waals surface area contributed by atoms with Gasteiger partial charge in [0.2, 0.25) is 0 Å². The number of aryl methyl sites for hydroxylation is 1. The molecule has 0 amide bonds. The maximum atomic E-state index is 2.48. The predicted octanol–water partition coefficient (Wildman–Crippen LogP) is 16.2. The van der Waals surface area contributed by atoms with E-state index in [1.165, 1.54) is 99.2 Å². The molecule has 0 spiro atoms. The van der Waals surface area contributed by atoms with Crippen LogP contribution < -0.4 is 4.90 Å². The molecule has 2 atom stereocenters. The molecule has 0 heterocycles. The van der Waals surface area contributed by atoms with Gasteiger partial charge in [0.15, 0.2) is 0 Å². The van der Waals surface area contributed by atoms with Gasteiger partial charge in [-0.2, -0.15) is 0 Å². The molecule has 0 aliphatic heterocycles. The van der Waals surface area contributed by atoms with Crippen LogP contribution in [0.1, 0.15) is 46.6 Å². The molecular formula is C59H43N.